The largest absolute Gasteiger partial charge is 0.481 e. The van der Waals surface area contributed by atoms with Crippen molar-refractivity contribution in [3.8, 4) is 0 Å². The zero-order chi connectivity index (χ0) is 49.1. The summed E-state index contributed by atoms with van der Waals surface area (Å²) in [5, 5.41) is 118. The maximum absolute atomic E-state index is 15.0. The highest BCUT2D eigenvalue weighted by Crippen LogP contribution is 2.77. The van der Waals surface area contributed by atoms with Gasteiger partial charge in [-0.2, -0.15) is 0 Å². The molecule has 0 aromatic carbocycles. The zero-order valence-electron chi connectivity index (χ0n) is 39.5. The summed E-state index contributed by atoms with van der Waals surface area (Å²) in [6.07, 6.45) is -18.7. The van der Waals surface area contributed by atoms with Crippen LogP contribution in [0.2, 0.25) is 0 Å². The van der Waals surface area contributed by atoms with Gasteiger partial charge >= 0.3 is 11.9 Å². The summed E-state index contributed by atoms with van der Waals surface area (Å²) in [4.78, 5) is 27.8. The van der Waals surface area contributed by atoms with Gasteiger partial charge in [-0.25, -0.2) is 0 Å². The molecule has 19 heteroatoms. The van der Waals surface area contributed by atoms with Crippen molar-refractivity contribution in [2.75, 3.05) is 13.2 Å². The van der Waals surface area contributed by atoms with E-state index in [4.69, 9.17) is 28.4 Å². The minimum atomic E-state index is -1.87. The lowest BCUT2D eigenvalue weighted by molar-refractivity contribution is -0.361. The number of aliphatic carboxylic acids is 1. The normalized spacial score (nSPS) is 55.3. The Hall–Kier alpha value is -1.92. The molecule has 5 saturated carbocycles. The summed E-state index contributed by atoms with van der Waals surface area (Å²) < 4.78 is 34.7. The highest BCUT2D eigenvalue weighted by atomic mass is 16.8. The van der Waals surface area contributed by atoms with E-state index in [1.807, 2.05) is 6.92 Å². The first-order valence-electron chi connectivity index (χ1n) is 24.4. The van der Waals surface area contributed by atoms with Crippen LogP contribution < -0.4 is 0 Å². The quantitative estimate of drug-likeness (QED) is 0.102. The zero-order valence-corrected chi connectivity index (χ0v) is 39.5. The molecule has 11 N–H and O–H groups in total. The van der Waals surface area contributed by atoms with Gasteiger partial charge in [0.15, 0.2) is 12.6 Å². The molecule has 3 heterocycles. The summed E-state index contributed by atoms with van der Waals surface area (Å²) in [5.41, 5.74) is -2.04. The third-order valence-electron chi connectivity index (χ3n) is 19.8. The number of aliphatic hydroxyl groups is 10. The fraction of sp³-hybridized carbons (Fsp3) is 0.917. The molecule has 3 aliphatic heterocycles. The van der Waals surface area contributed by atoms with Crippen LogP contribution in [0, 0.1) is 56.7 Å². The molecule has 0 aromatic rings. The van der Waals surface area contributed by atoms with Crippen LogP contribution in [0.1, 0.15) is 106 Å². The van der Waals surface area contributed by atoms with E-state index in [9.17, 15) is 65.8 Å². The SMILES string of the molecule is C=C(C)[C@@H]1CC[C@]2(C(=O)O[C@@H]3O[C@H](CO[C@@H]4O[C@H](CO)[C@@H](O[C@@H]5O[C@@H](C)[C@H](O)[C@@H](O)[C@H]5O)[C@H](O)[C@H]4O)[C@@H](O)[C@H](O)[C@H]3O)CC[C@]3(C)[C@H](CC[C@@H]4[C@@]5(C)CC[C@H](O)[C@@](C)(C(=O)O)[C@@H]5CC[C@]43C)[C@@H]12. The number of aliphatic hydroxyl groups excluding tert-OH is 10. The maximum Gasteiger partial charge on any atom is 0.314 e. The van der Waals surface area contributed by atoms with Gasteiger partial charge in [0.25, 0.3) is 0 Å². The fourth-order valence-corrected chi connectivity index (χ4v) is 15.7. The number of carbonyl (C=O) groups excluding carboxylic acids is 1. The van der Waals surface area contributed by atoms with E-state index >= 15 is 0 Å². The number of esters is 1. The molecule has 5 aliphatic carbocycles. The number of carboxylic acids is 1. The first-order valence-corrected chi connectivity index (χ1v) is 24.4. The molecule has 19 nitrogen and oxygen atoms in total. The number of carbonyl (C=O) groups is 2. The summed E-state index contributed by atoms with van der Waals surface area (Å²) in [5.74, 6) is -1.66. The topological polar surface area (TPSA) is 312 Å². The Labute approximate surface area is 391 Å². The molecule has 0 spiro atoms. The minimum Gasteiger partial charge on any atom is -0.481 e. The number of ether oxygens (including phenoxy) is 6. The van der Waals surface area contributed by atoms with E-state index < -0.39 is 134 Å². The number of hydrogen-bond acceptors (Lipinski definition) is 18. The minimum absolute atomic E-state index is 0.0107. The highest BCUT2D eigenvalue weighted by molar-refractivity contribution is 5.78. The molecule has 0 bridgehead atoms. The lowest BCUT2D eigenvalue weighted by Crippen LogP contribution is -2.68. The molecular formula is C48H76O19. The molecule has 67 heavy (non-hydrogen) atoms. The number of allylic oxidation sites excluding steroid dienone is 1. The summed E-state index contributed by atoms with van der Waals surface area (Å²) in [7, 11) is 0. The molecule has 0 unspecified atom stereocenters. The molecule has 3 saturated heterocycles. The van der Waals surface area contributed by atoms with E-state index in [-0.39, 0.29) is 45.8 Å². The van der Waals surface area contributed by atoms with Crippen LogP contribution >= 0.6 is 0 Å². The second-order valence-corrected chi connectivity index (χ2v) is 22.7. The fourth-order valence-electron chi connectivity index (χ4n) is 15.7. The van der Waals surface area contributed by atoms with Crippen molar-refractivity contribution in [2.24, 2.45) is 56.7 Å². The molecular weight excluding hydrogens is 881 g/mol. The Balaban J connectivity index is 0.969. The van der Waals surface area contributed by atoms with E-state index in [0.717, 1.165) is 31.3 Å². The number of hydrogen-bond donors (Lipinski definition) is 11. The standard InChI is InChI=1S/C48H76O19/c1-20(2)22-10-15-48(17-16-45(5)23(29(22)48)8-9-26-44(4)13-12-28(50)47(7,42(59)60)27(44)11-14-46(26,45)6)43(61)67-41-36(57)33(54)31(52)25(65-41)19-62-39-37(58)34(55)38(24(18-49)64-39)66-40-35(56)32(53)30(51)21(3)63-40/h21-41,49-58H,1,8-19H2,2-7H3,(H,59,60)/t21-,22-,23+,24+,25+,26+,27+,28-,29+,30-,31+,32+,33-,34+,35+,36+,37+,38+,39+,40-,41-,44+,45+,46+,47-,48-/m0/s1. The van der Waals surface area contributed by atoms with E-state index in [0.29, 0.717) is 38.5 Å². The third-order valence-corrected chi connectivity index (χ3v) is 19.8. The van der Waals surface area contributed by atoms with Gasteiger partial charge in [-0.05, 0) is 131 Å². The molecule has 8 rings (SSSR count). The summed E-state index contributed by atoms with van der Waals surface area (Å²) in [6.45, 7) is 15.1. The van der Waals surface area contributed by atoms with Crippen LogP contribution in [-0.4, -0.2) is 180 Å². The van der Waals surface area contributed by atoms with Crippen LogP contribution in [0.4, 0.5) is 0 Å². The molecule has 8 fully saturated rings. The first-order chi connectivity index (χ1) is 31.3. The van der Waals surface area contributed by atoms with Gasteiger partial charge in [-0.15, -0.1) is 0 Å². The second-order valence-electron chi connectivity index (χ2n) is 22.7. The molecule has 8 aliphatic rings. The van der Waals surface area contributed by atoms with Gasteiger partial charge in [0.05, 0.1) is 36.3 Å². The monoisotopic (exact) mass is 956 g/mol. The third kappa shape index (κ3) is 7.79. The molecule has 0 amide bonds. The van der Waals surface area contributed by atoms with Gasteiger partial charge in [-0.3, -0.25) is 9.59 Å². The number of fused-ring (bicyclic) bond motifs is 7. The average Bonchev–Trinajstić information content (AvgIpc) is 3.69. The van der Waals surface area contributed by atoms with E-state index in [1.165, 1.54) is 6.92 Å². The Morgan fingerprint density at radius 3 is 1.96 bits per heavy atom. The van der Waals surface area contributed by atoms with Gasteiger partial charge < -0.3 is 84.6 Å². The van der Waals surface area contributed by atoms with Crippen molar-refractivity contribution in [1.82, 2.24) is 0 Å². The Morgan fingerprint density at radius 2 is 1.30 bits per heavy atom. The van der Waals surface area contributed by atoms with Gasteiger partial charge in [0.1, 0.15) is 67.1 Å². The van der Waals surface area contributed by atoms with Crippen LogP contribution in [-0.2, 0) is 38.0 Å². The van der Waals surface area contributed by atoms with Crippen LogP contribution in [0.15, 0.2) is 12.2 Å². The second kappa shape index (κ2) is 18.3. The Kier molecular flexibility index (Phi) is 14.0. The average molecular weight is 957 g/mol. The predicted molar refractivity (Wildman–Crippen MR) is 231 cm³/mol. The van der Waals surface area contributed by atoms with Crippen LogP contribution in [0.25, 0.3) is 0 Å². The van der Waals surface area contributed by atoms with Gasteiger partial charge in [-0.1, -0.05) is 32.9 Å². The van der Waals surface area contributed by atoms with Crippen molar-refractivity contribution >= 4 is 11.9 Å². The van der Waals surface area contributed by atoms with Crippen LogP contribution in [0.3, 0.4) is 0 Å². The van der Waals surface area contributed by atoms with Gasteiger partial charge in [0.2, 0.25) is 6.29 Å². The molecule has 26 atom stereocenters. The summed E-state index contributed by atoms with van der Waals surface area (Å²) in [6, 6.07) is 0. The van der Waals surface area contributed by atoms with Crippen molar-refractivity contribution < 1.29 is 94.2 Å². The van der Waals surface area contributed by atoms with Gasteiger partial charge in [0, 0.05) is 0 Å². The van der Waals surface area contributed by atoms with Crippen molar-refractivity contribution in [3.05, 3.63) is 12.2 Å². The van der Waals surface area contributed by atoms with E-state index in [2.05, 4.69) is 27.4 Å². The van der Waals surface area contributed by atoms with Crippen molar-refractivity contribution in [2.45, 2.75) is 204 Å². The Morgan fingerprint density at radius 1 is 0.657 bits per heavy atom. The number of carboxylic acid groups (broad SMARTS) is 1. The molecule has 382 valence electrons. The Bertz CT molecular complexity index is 1850. The highest BCUT2D eigenvalue weighted by Gasteiger charge is 2.73. The van der Waals surface area contributed by atoms with Crippen molar-refractivity contribution in [1.29, 1.82) is 0 Å². The summed E-state index contributed by atoms with van der Waals surface area (Å²) >= 11 is 0. The maximum atomic E-state index is 15.0. The number of rotatable bonds is 10. The van der Waals surface area contributed by atoms with Crippen LogP contribution in [0.5, 0.6) is 0 Å². The van der Waals surface area contributed by atoms with Crippen molar-refractivity contribution in [3.63, 3.8) is 0 Å². The first kappa shape index (κ1) is 51.4. The predicted octanol–water partition coefficient (Wildman–Crippen LogP) is 0.0887. The molecule has 0 aromatic heterocycles. The lowest BCUT2D eigenvalue weighted by atomic mass is 9.32. The lowest BCUT2D eigenvalue weighted by Gasteiger charge is -2.72. The smallest absolute Gasteiger partial charge is 0.314 e. The van der Waals surface area contributed by atoms with E-state index in [1.54, 1.807) is 6.92 Å². The molecule has 0 radical (unpaired) electrons.